The summed E-state index contributed by atoms with van der Waals surface area (Å²) in [5, 5.41) is 2.85. The Morgan fingerprint density at radius 2 is 2.00 bits per heavy atom. The van der Waals surface area contributed by atoms with Gasteiger partial charge in [-0.25, -0.2) is 15.0 Å². The maximum Gasteiger partial charge on any atom is 0.258 e. The lowest BCUT2D eigenvalue weighted by Crippen LogP contribution is -2.14. The Labute approximate surface area is 130 Å². The standard InChI is InChI=1S/C14H14N4OS2/c1-8-4-12(16-10(3)15-8)20-7-11-5-13(19)18-9(2)6-21-14(18)17-11/h4-6H,7H2,1-3H3. The SMILES string of the molecule is Cc1cc(SCc2cc(=O)n3c(C)csc3n2)nc(C)n1. The van der Waals surface area contributed by atoms with E-state index in [0.29, 0.717) is 5.75 Å². The second-order valence-electron chi connectivity index (χ2n) is 4.76. The fourth-order valence-electron chi connectivity index (χ4n) is 2.08. The molecule has 0 amide bonds. The largest absolute Gasteiger partial charge is 0.269 e. The maximum absolute atomic E-state index is 12.1. The van der Waals surface area contributed by atoms with E-state index in [2.05, 4.69) is 15.0 Å². The van der Waals surface area contributed by atoms with Gasteiger partial charge in [0.05, 0.1) is 5.69 Å². The van der Waals surface area contributed by atoms with Crippen molar-refractivity contribution >= 4 is 28.1 Å². The van der Waals surface area contributed by atoms with Gasteiger partial charge < -0.3 is 0 Å². The second-order valence-corrected chi connectivity index (χ2v) is 6.60. The van der Waals surface area contributed by atoms with Gasteiger partial charge >= 0.3 is 0 Å². The number of hydrogen-bond donors (Lipinski definition) is 0. The first-order valence-corrected chi connectivity index (χ1v) is 8.31. The van der Waals surface area contributed by atoms with Crippen LogP contribution in [0.25, 0.3) is 4.96 Å². The third kappa shape index (κ3) is 2.98. The zero-order valence-corrected chi connectivity index (χ0v) is 13.6. The number of fused-ring (bicyclic) bond motifs is 1. The van der Waals surface area contributed by atoms with Gasteiger partial charge in [-0.3, -0.25) is 9.20 Å². The highest BCUT2D eigenvalue weighted by atomic mass is 32.2. The van der Waals surface area contributed by atoms with E-state index in [9.17, 15) is 4.79 Å². The first-order valence-electron chi connectivity index (χ1n) is 6.45. The number of aryl methyl sites for hydroxylation is 3. The van der Waals surface area contributed by atoms with Gasteiger partial charge in [0.15, 0.2) is 4.96 Å². The minimum Gasteiger partial charge on any atom is -0.269 e. The molecule has 7 heteroatoms. The predicted octanol–water partition coefficient (Wildman–Crippen LogP) is 2.76. The van der Waals surface area contributed by atoms with E-state index in [4.69, 9.17) is 0 Å². The molecule has 0 aliphatic heterocycles. The Morgan fingerprint density at radius 3 is 2.76 bits per heavy atom. The summed E-state index contributed by atoms with van der Waals surface area (Å²) in [6, 6.07) is 3.54. The molecule has 0 aromatic carbocycles. The van der Waals surface area contributed by atoms with E-state index in [0.717, 1.165) is 32.9 Å². The van der Waals surface area contributed by atoms with Crippen LogP contribution in [0.1, 0.15) is 22.9 Å². The van der Waals surface area contributed by atoms with Gasteiger partial charge in [-0.1, -0.05) is 11.8 Å². The van der Waals surface area contributed by atoms with Gasteiger partial charge in [0.1, 0.15) is 10.9 Å². The Morgan fingerprint density at radius 1 is 1.19 bits per heavy atom. The minimum absolute atomic E-state index is 0.0237. The average Bonchev–Trinajstić information content (AvgIpc) is 2.77. The summed E-state index contributed by atoms with van der Waals surface area (Å²) in [4.78, 5) is 26.0. The molecule has 0 radical (unpaired) electrons. The van der Waals surface area contributed by atoms with Crippen LogP contribution in [-0.4, -0.2) is 19.4 Å². The summed E-state index contributed by atoms with van der Waals surface area (Å²) in [5.41, 5.74) is 2.63. The molecule has 3 aromatic heterocycles. The first-order chi connectivity index (χ1) is 10.0. The van der Waals surface area contributed by atoms with Crippen LogP contribution >= 0.6 is 23.1 Å². The van der Waals surface area contributed by atoms with Crippen molar-refractivity contribution in [2.75, 3.05) is 0 Å². The zero-order chi connectivity index (χ0) is 15.0. The number of rotatable bonds is 3. The van der Waals surface area contributed by atoms with E-state index in [1.54, 1.807) is 22.2 Å². The van der Waals surface area contributed by atoms with Crippen LogP contribution in [-0.2, 0) is 5.75 Å². The highest BCUT2D eigenvalue weighted by Gasteiger charge is 2.07. The molecule has 0 atom stereocenters. The van der Waals surface area contributed by atoms with Crippen LogP contribution in [0.5, 0.6) is 0 Å². The van der Waals surface area contributed by atoms with Crippen LogP contribution in [0.3, 0.4) is 0 Å². The molecule has 0 saturated heterocycles. The van der Waals surface area contributed by atoms with Gasteiger partial charge in [0, 0.05) is 28.6 Å². The maximum atomic E-state index is 12.1. The highest BCUT2D eigenvalue weighted by Crippen LogP contribution is 2.21. The smallest absolute Gasteiger partial charge is 0.258 e. The lowest BCUT2D eigenvalue weighted by molar-refractivity contribution is 0.934. The van der Waals surface area contributed by atoms with Gasteiger partial charge in [-0.2, -0.15) is 0 Å². The number of aromatic nitrogens is 4. The van der Waals surface area contributed by atoms with Crippen molar-refractivity contribution < 1.29 is 0 Å². The summed E-state index contributed by atoms with van der Waals surface area (Å²) < 4.78 is 1.64. The second kappa shape index (κ2) is 5.57. The molecule has 3 heterocycles. The zero-order valence-electron chi connectivity index (χ0n) is 12.0. The molecule has 3 rings (SSSR count). The first kappa shape index (κ1) is 14.2. The third-order valence-corrected chi connectivity index (χ3v) is 4.83. The van der Waals surface area contributed by atoms with Crippen molar-refractivity contribution in [2.24, 2.45) is 0 Å². The van der Waals surface area contributed by atoms with Gasteiger partial charge in [-0.05, 0) is 26.8 Å². The van der Waals surface area contributed by atoms with Crippen molar-refractivity contribution in [1.29, 1.82) is 0 Å². The van der Waals surface area contributed by atoms with Crippen LogP contribution in [0, 0.1) is 20.8 Å². The molecule has 21 heavy (non-hydrogen) atoms. The Kier molecular flexibility index (Phi) is 3.77. The summed E-state index contributed by atoms with van der Waals surface area (Å²) >= 11 is 3.05. The molecule has 0 N–H and O–H groups in total. The molecular formula is C14H14N4OS2. The van der Waals surface area contributed by atoms with Crippen LogP contribution in [0.4, 0.5) is 0 Å². The van der Waals surface area contributed by atoms with E-state index < -0.39 is 0 Å². The Balaban J connectivity index is 1.86. The Bertz CT molecular complexity index is 849. The molecule has 108 valence electrons. The monoisotopic (exact) mass is 318 g/mol. The lowest BCUT2D eigenvalue weighted by atomic mass is 10.4. The van der Waals surface area contributed by atoms with Crippen LogP contribution < -0.4 is 5.56 Å². The molecule has 0 aliphatic rings. The summed E-state index contributed by atoms with van der Waals surface area (Å²) in [6.45, 7) is 5.74. The van der Waals surface area contributed by atoms with Crippen molar-refractivity contribution in [1.82, 2.24) is 19.4 Å². The topological polar surface area (TPSA) is 60.2 Å². The quantitative estimate of drug-likeness (QED) is 0.549. The molecule has 0 fully saturated rings. The normalized spacial score (nSPS) is 11.2. The van der Waals surface area contributed by atoms with E-state index in [1.807, 2.05) is 32.2 Å². The summed E-state index contributed by atoms with van der Waals surface area (Å²) in [5.74, 6) is 1.38. The molecule has 0 unspecified atom stereocenters. The molecule has 0 saturated carbocycles. The van der Waals surface area contributed by atoms with Crippen molar-refractivity contribution in [3.05, 3.63) is 50.8 Å². The fourth-order valence-corrected chi connectivity index (χ4v) is 3.86. The van der Waals surface area contributed by atoms with Gasteiger partial charge in [0.2, 0.25) is 0 Å². The van der Waals surface area contributed by atoms with Crippen LogP contribution in [0.15, 0.2) is 27.3 Å². The molecule has 5 nitrogen and oxygen atoms in total. The molecular weight excluding hydrogens is 304 g/mol. The molecule has 0 spiro atoms. The molecule has 3 aromatic rings. The van der Waals surface area contributed by atoms with Crippen molar-refractivity contribution in [3.63, 3.8) is 0 Å². The number of thiazole rings is 1. The highest BCUT2D eigenvalue weighted by molar-refractivity contribution is 7.98. The van der Waals surface area contributed by atoms with Crippen LogP contribution in [0.2, 0.25) is 0 Å². The van der Waals surface area contributed by atoms with E-state index >= 15 is 0 Å². The fraction of sp³-hybridized carbons (Fsp3) is 0.286. The van der Waals surface area contributed by atoms with Crippen molar-refractivity contribution in [3.8, 4) is 0 Å². The minimum atomic E-state index is -0.0237. The van der Waals surface area contributed by atoms with E-state index in [-0.39, 0.29) is 5.56 Å². The average molecular weight is 318 g/mol. The summed E-state index contributed by atoms with van der Waals surface area (Å²) in [7, 11) is 0. The predicted molar refractivity (Wildman–Crippen MR) is 85.1 cm³/mol. The lowest BCUT2D eigenvalue weighted by Gasteiger charge is -2.03. The van der Waals surface area contributed by atoms with Gasteiger partial charge in [0.25, 0.3) is 5.56 Å². The Hall–Kier alpha value is -1.73. The van der Waals surface area contributed by atoms with Crippen molar-refractivity contribution in [2.45, 2.75) is 31.6 Å². The summed E-state index contributed by atoms with van der Waals surface area (Å²) in [6.07, 6.45) is 0. The van der Waals surface area contributed by atoms with Gasteiger partial charge in [-0.15, -0.1) is 11.3 Å². The number of nitrogens with zero attached hydrogens (tertiary/aromatic N) is 4. The molecule has 0 bridgehead atoms. The number of thioether (sulfide) groups is 1. The third-order valence-electron chi connectivity index (χ3n) is 2.94. The van der Waals surface area contributed by atoms with E-state index in [1.165, 1.54) is 11.3 Å². The number of hydrogen-bond acceptors (Lipinski definition) is 6. The molecule has 0 aliphatic carbocycles.